The van der Waals surface area contributed by atoms with Gasteiger partial charge < -0.3 is 0 Å². The van der Waals surface area contributed by atoms with Crippen LogP contribution in [0.25, 0.3) is 10.6 Å². The van der Waals surface area contributed by atoms with E-state index >= 15 is 0 Å². The van der Waals surface area contributed by atoms with Gasteiger partial charge in [-0.05, 0) is 31.2 Å². The number of aromatic nitrogens is 2. The lowest BCUT2D eigenvalue weighted by Gasteiger charge is -2.06. The lowest BCUT2D eigenvalue weighted by Crippen LogP contribution is -2.15. The fraction of sp³-hybridized carbons (Fsp3) is 0.118. The van der Waals surface area contributed by atoms with Crippen LogP contribution in [0.1, 0.15) is 17.3 Å². The minimum Gasteiger partial charge on any atom is -0.296 e. The van der Waals surface area contributed by atoms with Gasteiger partial charge in [-0.25, -0.2) is 8.42 Å². The maximum atomic E-state index is 12.3. The Morgan fingerprint density at radius 1 is 1.04 bits per heavy atom. The van der Waals surface area contributed by atoms with Crippen LogP contribution >= 0.6 is 11.3 Å². The highest BCUT2D eigenvalue weighted by Crippen LogP contribution is 2.26. The van der Waals surface area contributed by atoms with E-state index in [0.717, 1.165) is 5.56 Å². The predicted octanol–water partition coefficient (Wildman–Crippen LogP) is 3.22. The van der Waals surface area contributed by atoms with E-state index in [1.165, 1.54) is 23.5 Å². The van der Waals surface area contributed by atoms with Gasteiger partial charge in [-0.2, -0.15) is 0 Å². The Bertz CT molecular complexity index is 1000. The summed E-state index contributed by atoms with van der Waals surface area (Å²) in [5.74, 6) is -0.360. The molecule has 26 heavy (non-hydrogen) atoms. The molecule has 0 atom stereocenters. The van der Waals surface area contributed by atoms with Crippen molar-refractivity contribution in [1.82, 2.24) is 10.2 Å². The van der Waals surface area contributed by atoms with E-state index in [1.807, 2.05) is 30.3 Å². The maximum absolute atomic E-state index is 12.3. The van der Waals surface area contributed by atoms with E-state index in [0.29, 0.717) is 21.4 Å². The fourth-order valence-electron chi connectivity index (χ4n) is 2.08. The molecule has 3 rings (SSSR count). The Morgan fingerprint density at radius 3 is 2.38 bits per heavy atom. The van der Waals surface area contributed by atoms with Crippen molar-refractivity contribution in [2.45, 2.75) is 6.92 Å². The second-order valence-electron chi connectivity index (χ2n) is 5.32. The predicted molar refractivity (Wildman–Crippen MR) is 103 cm³/mol. The molecule has 9 heteroatoms. The van der Waals surface area contributed by atoms with Gasteiger partial charge in [0.15, 0.2) is 0 Å². The SMILES string of the molecule is CCS(=O)(=O)Nc1ccc(C(=O)Nc2nnc(-c3ccccc3)s2)cc1. The fourth-order valence-corrected chi connectivity index (χ4v) is 3.47. The molecule has 1 aromatic heterocycles. The topological polar surface area (TPSA) is 101 Å². The average molecular weight is 388 g/mol. The third-order valence-corrected chi connectivity index (χ3v) is 5.66. The second kappa shape index (κ2) is 7.63. The molecule has 2 aromatic carbocycles. The van der Waals surface area contributed by atoms with Crippen LogP contribution in [0.2, 0.25) is 0 Å². The Labute approximate surface area is 155 Å². The highest BCUT2D eigenvalue weighted by atomic mass is 32.2. The van der Waals surface area contributed by atoms with Gasteiger partial charge in [0.25, 0.3) is 5.91 Å². The molecule has 0 aliphatic heterocycles. The Morgan fingerprint density at radius 2 is 1.73 bits per heavy atom. The Balaban J connectivity index is 1.68. The molecule has 0 bridgehead atoms. The van der Waals surface area contributed by atoms with Gasteiger partial charge >= 0.3 is 0 Å². The molecule has 7 nitrogen and oxygen atoms in total. The molecule has 134 valence electrons. The number of anilines is 2. The number of hydrogen-bond donors (Lipinski definition) is 2. The summed E-state index contributed by atoms with van der Waals surface area (Å²) < 4.78 is 25.5. The number of benzene rings is 2. The summed E-state index contributed by atoms with van der Waals surface area (Å²) in [6, 6.07) is 15.7. The van der Waals surface area contributed by atoms with Gasteiger partial charge in [0.05, 0.1) is 5.75 Å². The van der Waals surface area contributed by atoms with E-state index in [4.69, 9.17) is 0 Å². The van der Waals surface area contributed by atoms with Crippen molar-refractivity contribution in [3.05, 3.63) is 60.2 Å². The van der Waals surface area contributed by atoms with Crippen LogP contribution in [-0.2, 0) is 10.0 Å². The van der Waals surface area contributed by atoms with Crippen molar-refractivity contribution in [2.75, 3.05) is 15.8 Å². The van der Waals surface area contributed by atoms with Crippen LogP contribution < -0.4 is 10.0 Å². The first-order valence-corrected chi connectivity index (χ1v) is 10.2. The molecule has 0 fully saturated rings. The average Bonchev–Trinajstić information content (AvgIpc) is 3.11. The maximum Gasteiger partial charge on any atom is 0.257 e. The van der Waals surface area contributed by atoms with Gasteiger partial charge in [-0.3, -0.25) is 14.8 Å². The monoisotopic (exact) mass is 388 g/mol. The number of nitrogens with zero attached hydrogens (tertiary/aromatic N) is 2. The normalized spacial score (nSPS) is 11.1. The zero-order chi connectivity index (χ0) is 18.6. The minimum absolute atomic E-state index is 0.0178. The first-order chi connectivity index (χ1) is 12.5. The number of nitrogens with one attached hydrogen (secondary N) is 2. The summed E-state index contributed by atoms with van der Waals surface area (Å²) >= 11 is 1.28. The van der Waals surface area contributed by atoms with E-state index in [-0.39, 0.29) is 11.7 Å². The van der Waals surface area contributed by atoms with Gasteiger partial charge in [0.1, 0.15) is 5.01 Å². The van der Waals surface area contributed by atoms with Crippen LogP contribution in [0.4, 0.5) is 10.8 Å². The molecule has 0 saturated heterocycles. The highest BCUT2D eigenvalue weighted by Gasteiger charge is 2.12. The number of carbonyl (C=O) groups excluding carboxylic acids is 1. The van der Waals surface area contributed by atoms with Crippen molar-refractivity contribution < 1.29 is 13.2 Å². The lowest BCUT2D eigenvalue weighted by molar-refractivity contribution is 0.102. The van der Waals surface area contributed by atoms with Crippen LogP contribution in [0, 0.1) is 0 Å². The van der Waals surface area contributed by atoms with Crippen molar-refractivity contribution in [1.29, 1.82) is 0 Å². The summed E-state index contributed by atoms with van der Waals surface area (Å²) in [6.45, 7) is 1.55. The lowest BCUT2D eigenvalue weighted by atomic mass is 10.2. The quantitative estimate of drug-likeness (QED) is 0.675. The van der Waals surface area contributed by atoms with Crippen LogP contribution in [-0.4, -0.2) is 30.3 Å². The van der Waals surface area contributed by atoms with Crippen LogP contribution in [0.3, 0.4) is 0 Å². The van der Waals surface area contributed by atoms with E-state index in [9.17, 15) is 13.2 Å². The van der Waals surface area contributed by atoms with Crippen LogP contribution in [0.5, 0.6) is 0 Å². The second-order valence-corrected chi connectivity index (χ2v) is 8.30. The van der Waals surface area contributed by atoms with Gasteiger partial charge in [-0.1, -0.05) is 41.7 Å². The molecule has 0 aliphatic carbocycles. The molecular formula is C17H16N4O3S2. The molecule has 0 radical (unpaired) electrons. The minimum atomic E-state index is -3.34. The van der Waals surface area contributed by atoms with E-state index in [1.54, 1.807) is 19.1 Å². The molecule has 0 spiro atoms. The number of rotatable bonds is 6. The summed E-state index contributed by atoms with van der Waals surface area (Å²) in [7, 11) is -3.34. The van der Waals surface area contributed by atoms with Gasteiger partial charge in [-0.15, -0.1) is 10.2 Å². The molecule has 2 N–H and O–H groups in total. The van der Waals surface area contributed by atoms with E-state index in [2.05, 4.69) is 20.2 Å². The number of amides is 1. The summed E-state index contributed by atoms with van der Waals surface area (Å²) in [5, 5.41) is 11.9. The smallest absolute Gasteiger partial charge is 0.257 e. The summed E-state index contributed by atoms with van der Waals surface area (Å²) in [5.41, 5.74) is 1.73. The zero-order valence-corrected chi connectivity index (χ0v) is 15.5. The largest absolute Gasteiger partial charge is 0.296 e. The molecular weight excluding hydrogens is 372 g/mol. The van der Waals surface area contributed by atoms with Crippen molar-refractivity contribution in [3.63, 3.8) is 0 Å². The molecule has 1 heterocycles. The highest BCUT2D eigenvalue weighted by molar-refractivity contribution is 7.92. The standard InChI is InChI=1S/C17H16N4O3S2/c1-2-26(23,24)21-14-10-8-12(9-11-14)15(22)18-17-20-19-16(25-17)13-6-4-3-5-7-13/h3-11,21H,2H2,1H3,(H,18,20,22). The third-order valence-electron chi connectivity index (χ3n) is 3.47. The van der Waals surface area contributed by atoms with Crippen molar-refractivity contribution >= 4 is 38.1 Å². The van der Waals surface area contributed by atoms with Gasteiger partial charge in [0, 0.05) is 16.8 Å². The molecule has 3 aromatic rings. The summed E-state index contributed by atoms with van der Waals surface area (Å²) in [4.78, 5) is 12.3. The molecule has 0 aliphatic rings. The zero-order valence-electron chi connectivity index (χ0n) is 13.8. The number of sulfonamides is 1. The Hall–Kier alpha value is -2.78. The van der Waals surface area contributed by atoms with E-state index < -0.39 is 10.0 Å². The molecule has 0 saturated carbocycles. The third kappa shape index (κ3) is 4.44. The van der Waals surface area contributed by atoms with Crippen LogP contribution in [0.15, 0.2) is 54.6 Å². The number of carbonyl (C=O) groups is 1. The van der Waals surface area contributed by atoms with Crippen molar-refractivity contribution in [2.24, 2.45) is 0 Å². The van der Waals surface area contributed by atoms with Crippen molar-refractivity contribution in [3.8, 4) is 10.6 Å². The molecule has 0 unspecified atom stereocenters. The first-order valence-electron chi connectivity index (χ1n) is 7.77. The molecule has 1 amide bonds. The Kier molecular flexibility index (Phi) is 5.29. The summed E-state index contributed by atoms with van der Waals surface area (Å²) in [6.07, 6.45) is 0. The first kappa shape index (κ1) is 18.0. The van der Waals surface area contributed by atoms with Gasteiger partial charge in [0.2, 0.25) is 15.2 Å². The number of hydrogen-bond acceptors (Lipinski definition) is 6.